The van der Waals surface area contributed by atoms with Crippen LogP contribution in [0.3, 0.4) is 0 Å². The number of benzene rings is 1. The van der Waals surface area contributed by atoms with Gasteiger partial charge < -0.3 is 19.3 Å². The van der Waals surface area contributed by atoms with Gasteiger partial charge in [0.2, 0.25) is 11.8 Å². The summed E-state index contributed by atoms with van der Waals surface area (Å²) in [6.07, 6.45) is -2.13. The van der Waals surface area contributed by atoms with E-state index in [1.165, 1.54) is 15.5 Å². The van der Waals surface area contributed by atoms with Gasteiger partial charge in [-0.25, -0.2) is 22.8 Å². The van der Waals surface area contributed by atoms with Gasteiger partial charge in [-0.15, -0.1) is 0 Å². The summed E-state index contributed by atoms with van der Waals surface area (Å²) in [7, 11) is 0. The summed E-state index contributed by atoms with van der Waals surface area (Å²) in [5, 5.41) is 0. The highest BCUT2D eigenvalue weighted by Crippen LogP contribution is 2.31. The molecule has 210 valence electrons. The number of anilines is 1. The highest BCUT2D eigenvalue weighted by molar-refractivity contribution is 5.87. The van der Waals surface area contributed by atoms with Crippen LogP contribution in [-0.4, -0.2) is 81.4 Å². The number of carbonyl (C=O) groups excluding carboxylic acids is 2. The number of fused-ring (bicyclic) bond motifs is 3. The normalized spacial score (nSPS) is 22.5. The Hall–Kier alpha value is -3.77. The van der Waals surface area contributed by atoms with E-state index in [0.29, 0.717) is 31.0 Å². The van der Waals surface area contributed by atoms with E-state index in [1.807, 2.05) is 4.90 Å². The fraction of sp³-hybridized carbons (Fsp3) is 0.538. The number of hydrogen-bond donors (Lipinski definition) is 0. The monoisotopic (exact) mass is 549 g/mol. The third-order valence-corrected chi connectivity index (χ3v) is 6.98. The molecule has 0 aliphatic carbocycles. The molecule has 0 radical (unpaired) electrons. The van der Waals surface area contributed by atoms with Crippen molar-refractivity contribution in [3.05, 3.63) is 51.9 Å². The predicted octanol–water partition coefficient (Wildman–Crippen LogP) is 2.48. The maximum absolute atomic E-state index is 14.3. The molecule has 2 fully saturated rings. The molecule has 3 aliphatic heterocycles. The minimum Gasteiger partial charge on any atom is -0.473 e. The summed E-state index contributed by atoms with van der Waals surface area (Å²) in [5.74, 6) is -1.69. The highest BCUT2D eigenvalue weighted by atomic mass is 19.2. The SMILES string of the molecule is CC(C)(C)OC(=O)N1C[C@@H](F)C[C@H]1C(=O)N1CCN2c3cc(OCc4ccc(F)c(F)c4)nc(=O)n3CC2C1. The molecule has 1 aromatic heterocycles. The van der Waals surface area contributed by atoms with Crippen molar-refractivity contribution in [2.75, 3.05) is 31.1 Å². The maximum Gasteiger partial charge on any atom is 0.411 e. The number of carbonyl (C=O) groups is 2. The van der Waals surface area contributed by atoms with Crippen molar-refractivity contribution in [1.29, 1.82) is 0 Å². The highest BCUT2D eigenvalue weighted by Gasteiger charge is 2.45. The van der Waals surface area contributed by atoms with Crippen LogP contribution in [0.1, 0.15) is 32.8 Å². The molecule has 13 heteroatoms. The second kappa shape index (κ2) is 10.1. The van der Waals surface area contributed by atoms with E-state index in [-0.39, 0.29) is 43.9 Å². The van der Waals surface area contributed by atoms with Gasteiger partial charge in [0.05, 0.1) is 19.1 Å². The van der Waals surface area contributed by atoms with Crippen LogP contribution >= 0.6 is 0 Å². The number of likely N-dealkylation sites (tertiary alicyclic amines) is 1. The molecule has 2 saturated heterocycles. The van der Waals surface area contributed by atoms with Gasteiger partial charge in [-0.05, 0) is 38.5 Å². The molecule has 2 amide bonds. The summed E-state index contributed by atoms with van der Waals surface area (Å²) < 4.78 is 53.4. The van der Waals surface area contributed by atoms with Crippen LogP contribution in [0, 0.1) is 11.6 Å². The second-order valence-electron chi connectivity index (χ2n) is 11.0. The number of hydrogen-bond acceptors (Lipinski definition) is 7. The van der Waals surface area contributed by atoms with Crippen LogP contribution < -0.4 is 15.3 Å². The van der Waals surface area contributed by atoms with Crippen LogP contribution in [0.2, 0.25) is 0 Å². The van der Waals surface area contributed by atoms with Crippen molar-refractivity contribution in [3.8, 4) is 5.88 Å². The van der Waals surface area contributed by atoms with Crippen molar-refractivity contribution in [1.82, 2.24) is 19.4 Å². The Kier molecular flexibility index (Phi) is 6.93. The molecule has 1 aromatic carbocycles. The van der Waals surface area contributed by atoms with Gasteiger partial charge in [0.15, 0.2) is 11.6 Å². The summed E-state index contributed by atoms with van der Waals surface area (Å²) in [6, 6.07) is 3.82. The number of aromatic nitrogens is 2. The van der Waals surface area contributed by atoms with Gasteiger partial charge in [0.25, 0.3) is 0 Å². The van der Waals surface area contributed by atoms with Gasteiger partial charge in [-0.1, -0.05) is 6.07 Å². The number of amides is 2. The smallest absolute Gasteiger partial charge is 0.411 e. The predicted molar refractivity (Wildman–Crippen MR) is 133 cm³/mol. The van der Waals surface area contributed by atoms with Crippen LogP contribution in [0.15, 0.2) is 29.1 Å². The van der Waals surface area contributed by atoms with Gasteiger partial charge >= 0.3 is 11.8 Å². The Morgan fingerprint density at radius 3 is 2.56 bits per heavy atom. The third-order valence-electron chi connectivity index (χ3n) is 6.98. The van der Waals surface area contributed by atoms with E-state index in [0.717, 1.165) is 12.1 Å². The Balaban J connectivity index is 1.26. The summed E-state index contributed by atoms with van der Waals surface area (Å²) in [4.78, 5) is 47.5. The van der Waals surface area contributed by atoms with Crippen LogP contribution in [-0.2, 0) is 22.7 Å². The fourth-order valence-electron chi connectivity index (χ4n) is 5.22. The summed E-state index contributed by atoms with van der Waals surface area (Å²) in [5.41, 5.74) is -0.934. The molecule has 10 nitrogen and oxygen atoms in total. The van der Waals surface area contributed by atoms with Crippen molar-refractivity contribution in [3.63, 3.8) is 0 Å². The number of alkyl halides is 1. The molecule has 0 spiro atoms. The molecule has 0 saturated carbocycles. The largest absolute Gasteiger partial charge is 0.473 e. The standard InChI is InChI=1S/C26H30F3N5O5/c1-26(2,3)39-25(37)33-11-16(27)9-20(33)23(35)31-6-7-32-17(12-31)13-34-22(32)10-21(30-24(34)36)38-14-15-4-5-18(28)19(29)8-15/h4-5,8,10,16-17,20H,6-7,9,11-14H2,1-3H3/t16-,17?,20-/m0/s1. The van der Waals surface area contributed by atoms with E-state index in [2.05, 4.69) is 4.98 Å². The number of nitrogens with zero attached hydrogens (tertiary/aromatic N) is 5. The molecule has 5 rings (SSSR count). The van der Waals surface area contributed by atoms with Crippen LogP contribution in [0.4, 0.5) is 23.8 Å². The number of halogens is 3. The lowest BCUT2D eigenvalue weighted by Gasteiger charge is -2.40. The zero-order valence-corrected chi connectivity index (χ0v) is 21.9. The number of ether oxygens (including phenoxy) is 2. The number of rotatable bonds is 4. The number of piperazine rings is 1. The van der Waals surface area contributed by atoms with E-state index < -0.39 is 41.2 Å². The minimum absolute atomic E-state index is 0.0445. The minimum atomic E-state index is -1.32. The lowest BCUT2D eigenvalue weighted by Crippen LogP contribution is -2.57. The van der Waals surface area contributed by atoms with Crippen molar-refractivity contribution in [2.24, 2.45) is 0 Å². The summed E-state index contributed by atoms with van der Waals surface area (Å²) >= 11 is 0. The molecular weight excluding hydrogens is 519 g/mol. The molecule has 2 aromatic rings. The zero-order valence-electron chi connectivity index (χ0n) is 21.9. The van der Waals surface area contributed by atoms with Crippen LogP contribution in [0.25, 0.3) is 0 Å². The van der Waals surface area contributed by atoms with E-state index in [4.69, 9.17) is 9.47 Å². The molecule has 0 bridgehead atoms. The maximum atomic E-state index is 14.3. The van der Waals surface area contributed by atoms with E-state index in [9.17, 15) is 27.6 Å². The first-order chi connectivity index (χ1) is 18.4. The van der Waals surface area contributed by atoms with Gasteiger partial charge in [-0.3, -0.25) is 14.3 Å². The molecule has 1 unspecified atom stereocenters. The molecule has 3 atom stereocenters. The van der Waals surface area contributed by atoms with Crippen molar-refractivity contribution >= 4 is 17.8 Å². The first-order valence-corrected chi connectivity index (χ1v) is 12.8. The van der Waals surface area contributed by atoms with Gasteiger partial charge in [-0.2, -0.15) is 4.98 Å². The Bertz CT molecular complexity index is 1350. The molecular formula is C26H30F3N5O5. The topological polar surface area (TPSA) is 97.2 Å². The second-order valence-corrected chi connectivity index (χ2v) is 11.0. The van der Waals surface area contributed by atoms with Crippen molar-refractivity contribution < 1.29 is 32.2 Å². The lowest BCUT2D eigenvalue weighted by molar-refractivity contribution is -0.136. The zero-order chi connectivity index (χ0) is 28.1. The van der Waals surface area contributed by atoms with Crippen molar-refractivity contribution in [2.45, 2.75) is 64.2 Å². The molecule has 3 aliphatic rings. The fourth-order valence-corrected chi connectivity index (χ4v) is 5.22. The average molecular weight is 550 g/mol. The Morgan fingerprint density at radius 1 is 1.08 bits per heavy atom. The molecule has 4 heterocycles. The van der Waals surface area contributed by atoms with Gasteiger partial charge in [0, 0.05) is 32.1 Å². The van der Waals surface area contributed by atoms with Gasteiger partial charge in [0.1, 0.15) is 30.2 Å². The van der Waals surface area contributed by atoms with E-state index in [1.54, 1.807) is 31.7 Å². The molecule has 0 N–H and O–H groups in total. The average Bonchev–Trinajstić information content (AvgIpc) is 3.44. The lowest BCUT2D eigenvalue weighted by atomic mass is 10.1. The first kappa shape index (κ1) is 26.8. The first-order valence-electron chi connectivity index (χ1n) is 12.8. The quantitative estimate of drug-likeness (QED) is 0.578. The summed E-state index contributed by atoms with van der Waals surface area (Å²) in [6.45, 7) is 6.10. The van der Waals surface area contributed by atoms with E-state index >= 15 is 0 Å². The van der Waals surface area contributed by atoms with Crippen LogP contribution in [0.5, 0.6) is 5.88 Å². The third kappa shape index (κ3) is 5.52. The Labute approximate surface area is 222 Å². The molecule has 39 heavy (non-hydrogen) atoms. The Morgan fingerprint density at radius 2 is 1.85 bits per heavy atom.